The van der Waals surface area contributed by atoms with Crippen LogP contribution < -0.4 is 9.47 Å². The molecule has 0 amide bonds. The Morgan fingerprint density at radius 2 is 2.21 bits per heavy atom. The number of benzene rings is 1. The molecule has 6 nitrogen and oxygen atoms in total. The maximum atomic E-state index is 13.9. The van der Waals surface area contributed by atoms with Gasteiger partial charge in [0, 0.05) is 6.07 Å². The fourth-order valence-corrected chi connectivity index (χ4v) is 1.76. The number of carbonyl (C=O) groups excluding carboxylic acids is 1. The molecule has 1 unspecified atom stereocenters. The smallest absolute Gasteiger partial charge is 0.339 e. The maximum absolute atomic E-state index is 13.9. The molecule has 0 radical (unpaired) electrons. The minimum atomic E-state index is -1.89. The van der Waals surface area contributed by atoms with Crippen LogP contribution in [0.3, 0.4) is 0 Å². The van der Waals surface area contributed by atoms with Gasteiger partial charge in [0.15, 0.2) is 29.2 Å². The molecule has 1 atom stereocenters. The van der Waals surface area contributed by atoms with Crippen LogP contribution in [0.4, 0.5) is 4.39 Å². The number of hydrogen-bond donors (Lipinski definition) is 2. The molecule has 0 fully saturated rings. The van der Waals surface area contributed by atoms with Gasteiger partial charge in [-0.2, -0.15) is 0 Å². The van der Waals surface area contributed by atoms with Gasteiger partial charge in [0.05, 0.1) is 12.2 Å². The molecule has 0 aromatic heterocycles. The van der Waals surface area contributed by atoms with Crippen LogP contribution in [0.25, 0.3) is 0 Å². The van der Waals surface area contributed by atoms with Gasteiger partial charge in [0.1, 0.15) is 13.2 Å². The van der Waals surface area contributed by atoms with E-state index in [1.165, 1.54) is 0 Å². The second-order valence-corrected chi connectivity index (χ2v) is 3.80. The molecule has 7 heteroatoms. The van der Waals surface area contributed by atoms with E-state index in [2.05, 4.69) is 4.74 Å². The van der Waals surface area contributed by atoms with Gasteiger partial charge in [-0.3, -0.25) is 0 Å². The number of hydrogen-bond acceptors (Lipinski definition) is 6. The fraction of sp³-hybridized carbons (Fsp3) is 0.417. The summed E-state index contributed by atoms with van der Waals surface area (Å²) in [5.74, 6) is -2.92. The monoisotopic (exact) mass is 272 g/mol. The van der Waals surface area contributed by atoms with Crippen molar-refractivity contribution in [3.8, 4) is 17.2 Å². The second kappa shape index (κ2) is 5.31. The number of halogens is 1. The van der Waals surface area contributed by atoms with E-state index in [0.717, 1.165) is 6.07 Å². The van der Waals surface area contributed by atoms with Crippen LogP contribution in [0.2, 0.25) is 0 Å². The maximum Gasteiger partial charge on any atom is 0.339 e. The van der Waals surface area contributed by atoms with E-state index in [1.807, 2.05) is 0 Å². The van der Waals surface area contributed by atoms with Crippen molar-refractivity contribution in [1.29, 1.82) is 0 Å². The first-order chi connectivity index (χ1) is 9.06. The zero-order valence-electron chi connectivity index (χ0n) is 10.2. The predicted molar refractivity (Wildman–Crippen MR) is 60.6 cm³/mol. The molecule has 104 valence electrons. The van der Waals surface area contributed by atoms with E-state index in [9.17, 15) is 19.4 Å². The summed E-state index contributed by atoms with van der Waals surface area (Å²) in [7, 11) is 0. The summed E-state index contributed by atoms with van der Waals surface area (Å²) in [6.45, 7) is 1.97. The molecule has 0 saturated heterocycles. The van der Waals surface area contributed by atoms with Crippen LogP contribution in [0.15, 0.2) is 6.07 Å². The number of aromatic hydroxyl groups is 1. The van der Waals surface area contributed by atoms with Crippen LogP contribution in [0, 0.1) is 5.82 Å². The highest BCUT2D eigenvalue weighted by Gasteiger charge is 2.32. The van der Waals surface area contributed by atoms with E-state index in [-0.39, 0.29) is 31.3 Å². The lowest BCUT2D eigenvalue weighted by Crippen LogP contribution is -2.22. The van der Waals surface area contributed by atoms with Gasteiger partial charge in [-0.15, -0.1) is 0 Å². The zero-order valence-corrected chi connectivity index (χ0v) is 10.2. The molecule has 1 aliphatic heterocycles. The standard InChI is InChI=1S/C12H13FO6/c1-2-17-12(16)10(15)8-9(13)6(14)5-7-11(8)19-4-3-18-7/h5,10,14-15H,2-4H2,1H3. The number of esters is 1. The first-order valence-corrected chi connectivity index (χ1v) is 5.72. The molecular formula is C12H13FO6. The normalized spacial score (nSPS) is 14.9. The molecule has 19 heavy (non-hydrogen) atoms. The van der Waals surface area contributed by atoms with Crippen molar-refractivity contribution >= 4 is 5.97 Å². The van der Waals surface area contributed by atoms with E-state index in [0.29, 0.717) is 0 Å². The van der Waals surface area contributed by atoms with E-state index in [1.54, 1.807) is 6.92 Å². The van der Waals surface area contributed by atoms with Gasteiger partial charge in [-0.05, 0) is 6.92 Å². The number of ether oxygens (including phenoxy) is 3. The van der Waals surface area contributed by atoms with Crippen molar-refractivity contribution in [2.45, 2.75) is 13.0 Å². The molecule has 1 aliphatic rings. The Kier molecular flexibility index (Phi) is 3.75. The summed E-state index contributed by atoms with van der Waals surface area (Å²) in [5, 5.41) is 19.3. The summed E-state index contributed by atoms with van der Waals surface area (Å²) in [6.07, 6.45) is -1.89. The van der Waals surface area contributed by atoms with Crippen molar-refractivity contribution in [2.24, 2.45) is 0 Å². The van der Waals surface area contributed by atoms with E-state index < -0.39 is 29.2 Å². The quantitative estimate of drug-likeness (QED) is 0.795. The summed E-state index contributed by atoms with van der Waals surface area (Å²) in [5.41, 5.74) is -0.479. The molecule has 1 aromatic rings. The average Bonchev–Trinajstić information content (AvgIpc) is 2.40. The second-order valence-electron chi connectivity index (χ2n) is 3.80. The number of aliphatic hydroxyl groups is 1. The molecule has 1 aromatic carbocycles. The van der Waals surface area contributed by atoms with Crippen LogP contribution in [-0.4, -0.2) is 36.0 Å². The highest BCUT2D eigenvalue weighted by Crippen LogP contribution is 2.43. The Labute approximate surface area is 108 Å². The number of carbonyl (C=O) groups is 1. The molecule has 2 rings (SSSR count). The van der Waals surface area contributed by atoms with Gasteiger partial charge in [-0.25, -0.2) is 9.18 Å². The Morgan fingerprint density at radius 1 is 1.53 bits per heavy atom. The molecule has 2 N–H and O–H groups in total. The van der Waals surface area contributed by atoms with Gasteiger partial charge >= 0.3 is 5.97 Å². The highest BCUT2D eigenvalue weighted by molar-refractivity contribution is 5.78. The Balaban J connectivity index is 2.48. The summed E-state index contributed by atoms with van der Waals surface area (Å²) in [4.78, 5) is 11.5. The zero-order chi connectivity index (χ0) is 14.0. The number of phenols is 1. The number of phenolic OH excluding ortho intramolecular Hbond substituents is 1. The Bertz CT molecular complexity index is 501. The van der Waals surface area contributed by atoms with Crippen molar-refractivity contribution in [3.63, 3.8) is 0 Å². The number of rotatable bonds is 3. The minimum Gasteiger partial charge on any atom is -0.505 e. The summed E-state index contributed by atoms with van der Waals surface area (Å²) in [6, 6.07) is 1.03. The lowest BCUT2D eigenvalue weighted by atomic mass is 10.1. The largest absolute Gasteiger partial charge is 0.505 e. The van der Waals surface area contributed by atoms with Crippen molar-refractivity contribution < 1.29 is 33.6 Å². The van der Waals surface area contributed by atoms with Crippen LogP contribution in [-0.2, 0) is 9.53 Å². The molecule has 0 bridgehead atoms. The minimum absolute atomic E-state index is 0.0376. The lowest BCUT2D eigenvalue weighted by Gasteiger charge is -2.23. The molecule has 1 heterocycles. The van der Waals surface area contributed by atoms with E-state index in [4.69, 9.17) is 9.47 Å². The molecule has 0 spiro atoms. The Hall–Kier alpha value is -2.02. The SMILES string of the molecule is CCOC(=O)C(O)c1c(F)c(O)cc2c1OCCO2. The van der Waals surface area contributed by atoms with Crippen LogP contribution in [0.1, 0.15) is 18.6 Å². The van der Waals surface area contributed by atoms with E-state index >= 15 is 0 Å². The Morgan fingerprint density at radius 3 is 2.89 bits per heavy atom. The first-order valence-electron chi connectivity index (χ1n) is 5.72. The number of fused-ring (bicyclic) bond motifs is 1. The molecule has 0 saturated carbocycles. The van der Waals surface area contributed by atoms with Gasteiger partial charge in [0.25, 0.3) is 0 Å². The third-order valence-electron chi connectivity index (χ3n) is 2.57. The van der Waals surface area contributed by atoms with Gasteiger partial charge in [-0.1, -0.05) is 0 Å². The fourth-order valence-electron chi connectivity index (χ4n) is 1.76. The number of aliphatic hydroxyl groups excluding tert-OH is 1. The molecule has 0 aliphatic carbocycles. The summed E-state index contributed by atoms with van der Waals surface area (Å²) >= 11 is 0. The predicted octanol–water partition coefficient (Wildman–Crippen LogP) is 0.899. The lowest BCUT2D eigenvalue weighted by molar-refractivity contribution is -0.153. The van der Waals surface area contributed by atoms with Crippen molar-refractivity contribution in [3.05, 3.63) is 17.4 Å². The highest BCUT2D eigenvalue weighted by atomic mass is 19.1. The van der Waals surface area contributed by atoms with Gasteiger partial charge in [0.2, 0.25) is 0 Å². The topological polar surface area (TPSA) is 85.2 Å². The first kappa shape index (κ1) is 13.4. The van der Waals surface area contributed by atoms with Crippen LogP contribution in [0.5, 0.6) is 17.2 Å². The third-order valence-corrected chi connectivity index (χ3v) is 2.57. The van der Waals surface area contributed by atoms with Crippen molar-refractivity contribution in [2.75, 3.05) is 19.8 Å². The summed E-state index contributed by atoms with van der Waals surface area (Å²) < 4.78 is 28.9. The van der Waals surface area contributed by atoms with Crippen LogP contribution >= 0.6 is 0 Å². The van der Waals surface area contributed by atoms with Gasteiger partial charge < -0.3 is 24.4 Å². The third kappa shape index (κ3) is 2.41. The molecular weight excluding hydrogens is 259 g/mol. The average molecular weight is 272 g/mol. The van der Waals surface area contributed by atoms with Crippen molar-refractivity contribution in [1.82, 2.24) is 0 Å².